The van der Waals surface area contributed by atoms with Gasteiger partial charge in [0.25, 0.3) is 0 Å². The van der Waals surface area contributed by atoms with E-state index in [4.69, 9.17) is 0 Å². The topological polar surface area (TPSA) is 30.0 Å². The second-order valence-electron chi connectivity index (χ2n) is 3.75. The number of fused-ring (bicyclic) bond motifs is 2. The molecule has 2 aromatic carbocycles. The van der Waals surface area contributed by atoms with Crippen molar-refractivity contribution >= 4 is 28.1 Å². The molecule has 0 amide bonds. The van der Waals surface area contributed by atoms with E-state index in [0.717, 1.165) is 28.1 Å². The van der Waals surface area contributed by atoms with Crippen LogP contribution in [0.4, 0.5) is 0 Å². The van der Waals surface area contributed by atoms with Crippen LogP contribution in [-0.4, -0.2) is 11.3 Å². The van der Waals surface area contributed by atoms with Crippen molar-refractivity contribution in [3.05, 3.63) is 54.1 Å². The standard InChI is InChI=1S/C14H9NO/c16-9-10-5-6-12-8-11-3-1-2-4-13(11)15-14(12)7-10/h1-9H. The Morgan fingerprint density at radius 3 is 2.56 bits per heavy atom. The van der Waals surface area contributed by atoms with Crippen LogP contribution >= 0.6 is 0 Å². The van der Waals surface area contributed by atoms with Crippen LogP contribution < -0.4 is 0 Å². The molecule has 76 valence electrons. The zero-order valence-corrected chi connectivity index (χ0v) is 8.55. The number of aromatic nitrogens is 1. The third-order valence-corrected chi connectivity index (χ3v) is 2.68. The number of benzene rings is 2. The number of nitrogens with zero attached hydrogens (tertiary/aromatic N) is 1. The highest BCUT2D eigenvalue weighted by Gasteiger charge is 2.00. The molecule has 0 bridgehead atoms. The first kappa shape index (κ1) is 9.04. The molecule has 1 heterocycles. The van der Waals surface area contributed by atoms with E-state index < -0.39 is 0 Å². The maximum absolute atomic E-state index is 10.7. The van der Waals surface area contributed by atoms with Crippen molar-refractivity contribution in [2.24, 2.45) is 0 Å². The fourth-order valence-corrected chi connectivity index (χ4v) is 1.86. The quantitative estimate of drug-likeness (QED) is 0.453. The predicted molar refractivity (Wildman–Crippen MR) is 64.6 cm³/mol. The van der Waals surface area contributed by atoms with Crippen LogP contribution in [0.15, 0.2) is 48.5 Å². The minimum absolute atomic E-state index is 0.662. The number of rotatable bonds is 1. The molecule has 0 unspecified atom stereocenters. The van der Waals surface area contributed by atoms with Crippen LogP contribution in [0.2, 0.25) is 0 Å². The third-order valence-electron chi connectivity index (χ3n) is 2.68. The smallest absolute Gasteiger partial charge is 0.150 e. The zero-order chi connectivity index (χ0) is 11.0. The summed E-state index contributed by atoms with van der Waals surface area (Å²) in [6, 6.07) is 15.6. The number of hydrogen-bond donors (Lipinski definition) is 0. The first-order valence-corrected chi connectivity index (χ1v) is 5.11. The fourth-order valence-electron chi connectivity index (χ4n) is 1.86. The van der Waals surface area contributed by atoms with E-state index in [-0.39, 0.29) is 0 Å². The minimum Gasteiger partial charge on any atom is -0.298 e. The normalized spacial score (nSPS) is 10.8. The number of aldehydes is 1. The maximum Gasteiger partial charge on any atom is 0.150 e. The van der Waals surface area contributed by atoms with Crippen molar-refractivity contribution < 1.29 is 4.79 Å². The van der Waals surface area contributed by atoms with Gasteiger partial charge in [0.2, 0.25) is 0 Å². The number of pyridine rings is 1. The number of para-hydroxylation sites is 1. The Morgan fingerprint density at radius 2 is 1.69 bits per heavy atom. The van der Waals surface area contributed by atoms with Crippen LogP contribution in [0.5, 0.6) is 0 Å². The van der Waals surface area contributed by atoms with Crippen molar-refractivity contribution in [2.45, 2.75) is 0 Å². The van der Waals surface area contributed by atoms with Gasteiger partial charge in [-0.05, 0) is 18.2 Å². The van der Waals surface area contributed by atoms with Gasteiger partial charge in [-0.15, -0.1) is 0 Å². The van der Waals surface area contributed by atoms with Gasteiger partial charge in [-0.25, -0.2) is 4.98 Å². The van der Waals surface area contributed by atoms with E-state index in [2.05, 4.69) is 11.1 Å². The third kappa shape index (κ3) is 1.36. The summed E-state index contributed by atoms with van der Waals surface area (Å²) in [5, 5.41) is 2.18. The van der Waals surface area contributed by atoms with Gasteiger partial charge >= 0.3 is 0 Å². The van der Waals surface area contributed by atoms with Gasteiger partial charge < -0.3 is 0 Å². The Labute approximate surface area is 92.5 Å². The summed E-state index contributed by atoms with van der Waals surface area (Å²) in [5.41, 5.74) is 2.48. The highest BCUT2D eigenvalue weighted by molar-refractivity contribution is 5.94. The lowest BCUT2D eigenvalue weighted by Crippen LogP contribution is -1.85. The second-order valence-corrected chi connectivity index (χ2v) is 3.75. The van der Waals surface area contributed by atoms with Gasteiger partial charge in [-0.2, -0.15) is 0 Å². The molecule has 0 saturated carbocycles. The number of carbonyl (C=O) groups is 1. The Hall–Kier alpha value is -2.22. The lowest BCUT2D eigenvalue weighted by Gasteiger charge is -2.01. The summed E-state index contributed by atoms with van der Waals surface area (Å²) in [4.78, 5) is 15.2. The largest absolute Gasteiger partial charge is 0.298 e. The molecule has 16 heavy (non-hydrogen) atoms. The van der Waals surface area contributed by atoms with Crippen molar-refractivity contribution in [1.29, 1.82) is 0 Å². The Balaban J connectivity index is 2.41. The monoisotopic (exact) mass is 207 g/mol. The van der Waals surface area contributed by atoms with Crippen LogP contribution in [0.25, 0.3) is 21.8 Å². The molecular formula is C14H9NO. The summed E-state index contributed by atoms with van der Waals surface area (Å²) >= 11 is 0. The van der Waals surface area contributed by atoms with Crippen molar-refractivity contribution in [2.75, 3.05) is 0 Å². The van der Waals surface area contributed by atoms with Gasteiger partial charge in [0.1, 0.15) is 6.29 Å². The molecule has 3 rings (SSSR count). The average Bonchev–Trinajstić information content (AvgIpc) is 2.35. The van der Waals surface area contributed by atoms with E-state index in [1.54, 1.807) is 0 Å². The Bertz CT molecular complexity index is 688. The summed E-state index contributed by atoms with van der Waals surface area (Å²) in [5.74, 6) is 0. The van der Waals surface area contributed by atoms with Gasteiger partial charge in [0, 0.05) is 16.3 Å². The van der Waals surface area contributed by atoms with Crippen LogP contribution in [0, 0.1) is 0 Å². The molecule has 0 saturated heterocycles. The molecule has 2 heteroatoms. The Morgan fingerprint density at radius 1 is 0.875 bits per heavy atom. The molecule has 0 radical (unpaired) electrons. The molecule has 0 aliphatic carbocycles. The first-order chi connectivity index (χ1) is 7.86. The maximum atomic E-state index is 10.7. The summed E-state index contributed by atoms with van der Waals surface area (Å²) in [6.45, 7) is 0. The SMILES string of the molecule is O=Cc1ccc2cc3ccccc3nc2c1. The van der Waals surface area contributed by atoms with Crippen LogP contribution in [0.3, 0.4) is 0 Å². The highest BCUT2D eigenvalue weighted by atomic mass is 16.1. The van der Waals surface area contributed by atoms with Crippen LogP contribution in [-0.2, 0) is 0 Å². The fraction of sp³-hybridized carbons (Fsp3) is 0. The van der Waals surface area contributed by atoms with Gasteiger partial charge in [-0.3, -0.25) is 4.79 Å². The molecule has 0 aliphatic heterocycles. The predicted octanol–water partition coefficient (Wildman–Crippen LogP) is 3.20. The molecule has 0 aliphatic rings. The molecule has 3 aromatic rings. The highest BCUT2D eigenvalue weighted by Crippen LogP contribution is 2.19. The molecule has 1 aromatic heterocycles. The van der Waals surface area contributed by atoms with Crippen molar-refractivity contribution in [3.8, 4) is 0 Å². The van der Waals surface area contributed by atoms with Crippen molar-refractivity contribution in [1.82, 2.24) is 4.98 Å². The average molecular weight is 207 g/mol. The Kier molecular flexibility index (Phi) is 1.93. The number of hydrogen-bond acceptors (Lipinski definition) is 2. The lowest BCUT2D eigenvalue weighted by atomic mass is 10.1. The molecule has 0 atom stereocenters. The molecule has 0 fully saturated rings. The second kappa shape index (κ2) is 3.42. The number of carbonyl (C=O) groups excluding carboxylic acids is 1. The van der Waals surface area contributed by atoms with E-state index in [9.17, 15) is 4.79 Å². The van der Waals surface area contributed by atoms with Gasteiger partial charge in [-0.1, -0.05) is 30.3 Å². The minimum atomic E-state index is 0.662. The van der Waals surface area contributed by atoms with Gasteiger partial charge in [0.15, 0.2) is 0 Å². The van der Waals surface area contributed by atoms with E-state index in [1.807, 2.05) is 42.5 Å². The molecule has 0 spiro atoms. The molecule has 0 N–H and O–H groups in total. The molecule has 2 nitrogen and oxygen atoms in total. The van der Waals surface area contributed by atoms with E-state index in [1.165, 1.54) is 0 Å². The van der Waals surface area contributed by atoms with E-state index >= 15 is 0 Å². The zero-order valence-electron chi connectivity index (χ0n) is 8.55. The molecular weight excluding hydrogens is 198 g/mol. The van der Waals surface area contributed by atoms with Crippen LogP contribution in [0.1, 0.15) is 10.4 Å². The van der Waals surface area contributed by atoms with Crippen molar-refractivity contribution in [3.63, 3.8) is 0 Å². The lowest BCUT2D eigenvalue weighted by molar-refractivity contribution is 0.112. The summed E-state index contributed by atoms with van der Waals surface area (Å²) in [6.07, 6.45) is 0.844. The van der Waals surface area contributed by atoms with E-state index in [0.29, 0.717) is 5.56 Å². The summed E-state index contributed by atoms with van der Waals surface area (Å²) < 4.78 is 0. The first-order valence-electron chi connectivity index (χ1n) is 5.11. The van der Waals surface area contributed by atoms with Gasteiger partial charge in [0.05, 0.1) is 11.0 Å². The summed E-state index contributed by atoms with van der Waals surface area (Å²) in [7, 11) is 0.